The first-order valence-electron chi connectivity index (χ1n) is 8.71. The molecule has 1 N–H and O–H groups in total. The summed E-state index contributed by atoms with van der Waals surface area (Å²) in [5.41, 5.74) is 2.68. The van der Waals surface area contributed by atoms with Gasteiger partial charge in [0.05, 0.1) is 10.4 Å². The van der Waals surface area contributed by atoms with E-state index in [9.17, 15) is 19.5 Å². The van der Waals surface area contributed by atoms with Gasteiger partial charge < -0.3 is 10.0 Å². The summed E-state index contributed by atoms with van der Waals surface area (Å²) < 4.78 is 0. The van der Waals surface area contributed by atoms with Gasteiger partial charge >= 0.3 is 0 Å². The standard InChI is InChI=1S/C22H19NO4/c1-11-6-5-7-14-18(11)22(2,3)21(23(14)4)17-19(26)16(20(17)27)13-9-8-12(24)10-15(13)25/h5-10,25H,1-4H3. The van der Waals surface area contributed by atoms with Gasteiger partial charge in [-0.3, -0.25) is 14.4 Å². The van der Waals surface area contributed by atoms with Crippen LogP contribution in [0, 0.1) is 6.92 Å². The molecule has 0 aromatic heterocycles. The molecule has 5 nitrogen and oxygen atoms in total. The molecule has 0 saturated heterocycles. The number of ketones is 1. The molecule has 4 rings (SSSR count). The number of fused-ring (bicyclic) bond motifs is 1. The monoisotopic (exact) mass is 361 g/mol. The highest BCUT2D eigenvalue weighted by molar-refractivity contribution is 6.05. The molecular weight excluding hydrogens is 342 g/mol. The van der Waals surface area contributed by atoms with E-state index in [4.69, 9.17) is 0 Å². The number of aliphatic hydroxyl groups excluding tert-OH is 1. The van der Waals surface area contributed by atoms with Crippen molar-refractivity contribution in [1.29, 1.82) is 0 Å². The van der Waals surface area contributed by atoms with Crippen molar-refractivity contribution < 1.29 is 9.90 Å². The van der Waals surface area contributed by atoms with E-state index < -0.39 is 16.3 Å². The summed E-state index contributed by atoms with van der Waals surface area (Å²) in [5, 5.41) is 10.1. The van der Waals surface area contributed by atoms with Crippen LogP contribution in [-0.4, -0.2) is 17.9 Å². The van der Waals surface area contributed by atoms with Crippen LogP contribution < -0.4 is 26.2 Å². The lowest BCUT2D eigenvalue weighted by Gasteiger charge is -2.25. The maximum Gasteiger partial charge on any atom is 0.203 e. The van der Waals surface area contributed by atoms with Crippen molar-refractivity contribution in [3.05, 3.63) is 84.2 Å². The van der Waals surface area contributed by atoms with Gasteiger partial charge in [0.25, 0.3) is 0 Å². The molecule has 1 aliphatic heterocycles. The van der Waals surface area contributed by atoms with Crippen LogP contribution in [0.5, 0.6) is 0 Å². The van der Waals surface area contributed by atoms with Crippen LogP contribution in [0.15, 0.2) is 51.8 Å². The van der Waals surface area contributed by atoms with Crippen molar-refractivity contribution in [3.63, 3.8) is 0 Å². The van der Waals surface area contributed by atoms with Gasteiger partial charge in [0.1, 0.15) is 5.76 Å². The molecule has 27 heavy (non-hydrogen) atoms. The Hall–Kier alpha value is -3.21. The molecule has 136 valence electrons. The van der Waals surface area contributed by atoms with Crippen molar-refractivity contribution in [2.45, 2.75) is 26.2 Å². The zero-order valence-electron chi connectivity index (χ0n) is 15.6. The number of likely N-dealkylation sites (N-methyl/N-ethyl adjacent to an activating group) is 1. The topological polar surface area (TPSA) is 74.7 Å². The Bertz CT molecular complexity index is 1250. The zero-order valence-corrected chi connectivity index (χ0v) is 15.6. The van der Waals surface area contributed by atoms with Gasteiger partial charge in [-0.2, -0.15) is 0 Å². The molecule has 0 radical (unpaired) electrons. The first kappa shape index (κ1) is 17.2. The molecule has 0 spiro atoms. The molecule has 0 saturated carbocycles. The molecule has 0 bridgehead atoms. The Labute approximate surface area is 155 Å². The number of carbonyl (C=O) groups excluding carboxylic acids is 1. The number of anilines is 1. The Morgan fingerprint density at radius 3 is 2.26 bits per heavy atom. The number of rotatable bonds is 0. The second-order valence-electron chi connectivity index (χ2n) is 7.59. The minimum atomic E-state index is -0.497. The molecular formula is C22H19NO4. The smallest absolute Gasteiger partial charge is 0.203 e. The summed E-state index contributed by atoms with van der Waals surface area (Å²) in [6.45, 7) is 6.03. The van der Waals surface area contributed by atoms with Crippen molar-refractivity contribution in [2.75, 3.05) is 11.9 Å². The van der Waals surface area contributed by atoms with Gasteiger partial charge in [-0.25, -0.2) is 0 Å². The van der Waals surface area contributed by atoms with Crippen LogP contribution in [0.25, 0.3) is 11.3 Å². The number of carbonyl (C=O) groups is 1. The van der Waals surface area contributed by atoms with Crippen LogP contribution in [0.3, 0.4) is 0 Å². The van der Waals surface area contributed by atoms with E-state index in [0.717, 1.165) is 22.9 Å². The number of hydrogen-bond acceptors (Lipinski definition) is 5. The maximum atomic E-state index is 12.9. The third-order valence-electron chi connectivity index (χ3n) is 5.55. The molecule has 1 heterocycles. The Morgan fingerprint density at radius 1 is 1.00 bits per heavy atom. The number of aryl methyl sites for hydroxylation is 1. The third kappa shape index (κ3) is 2.14. The number of benzene rings is 1. The summed E-state index contributed by atoms with van der Waals surface area (Å²) in [5.74, 6) is -0.723. The van der Waals surface area contributed by atoms with Crippen molar-refractivity contribution >= 4 is 22.7 Å². The third-order valence-corrected chi connectivity index (χ3v) is 5.55. The highest BCUT2D eigenvalue weighted by Crippen LogP contribution is 2.48. The van der Waals surface area contributed by atoms with E-state index in [0.29, 0.717) is 5.70 Å². The van der Waals surface area contributed by atoms with Crippen molar-refractivity contribution in [3.8, 4) is 0 Å². The van der Waals surface area contributed by atoms with Crippen LogP contribution >= 0.6 is 0 Å². The lowest BCUT2D eigenvalue weighted by molar-refractivity contribution is -0.110. The summed E-state index contributed by atoms with van der Waals surface area (Å²) >= 11 is 0. The quantitative estimate of drug-likeness (QED) is 0.753. The minimum Gasteiger partial charge on any atom is -0.507 e. The SMILES string of the molecule is Cc1cccc2c1C(C)(C)C(=c1c(=O)c(=C3C=CC(=O)C=C3O)c1=O)N2C. The number of aliphatic hydroxyl groups is 1. The Morgan fingerprint density at radius 2 is 1.67 bits per heavy atom. The van der Waals surface area contributed by atoms with Crippen molar-refractivity contribution in [1.82, 2.24) is 0 Å². The summed E-state index contributed by atoms with van der Waals surface area (Å²) in [6, 6.07) is 5.96. The van der Waals surface area contributed by atoms with Crippen LogP contribution in [0.2, 0.25) is 0 Å². The molecule has 1 aliphatic carbocycles. The highest BCUT2D eigenvalue weighted by atomic mass is 16.3. The number of nitrogens with zero attached hydrogens (tertiary/aromatic N) is 1. The first-order valence-corrected chi connectivity index (χ1v) is 8.71. The van der Waals surface area contributed by atoms with Gasteiger partial charge in [-0.05, 0) is 36.3 Å². The van der Waals surface area contributed by atoms with E-state index >= 15 is 0 Å². The fourth-order valence-electron chi connectivity index (χ4n) is 4.46. The van der Waals surface area contributed by atoms with Crippen LogP contribution in [0.4, 0.5) is 5.69 Å². The average Bonchev–Trinajstić information content (AvgIpc) is 2.79. The molecule has 2 aromatic carbocycles. The largest absolute Gasteiger partial charge is 0.507 e. The molecule has 2 aliphatic rings. The van der Waals surface area contributed by atoms with Crippen LogP contribution in [0.1, 0.15) is 25.0 Å². The van der Waals surface area contributed by atoms with Gasteiger partial charge in [0.2, 0.25) is 10.9 Å². The van der Waals surface area contributed by atoms with Gasteiger partial charge in [0.15, 0.2) is 5.78 Å². The molecule has 5 heteroatoms. The Kier molecular flexibility index (Phi) is 3.44. The zero-order chi connectivity index (χ0) is 19.7. The summed E-state index contributed by atoms with van der Waals surface area (Å²) in [6.07, 6.45) is 3.57. The fourth-order valence-corrected chi connectivity index (χ4v) is 4.46. The lowest BCUT2D eigenvalue weighted by atomic mass is 9.80. The van der Waals surface area contributed by atoms with E-state index in [1.165, 1.54) is 12.2 Å². The maximum absolute atomic E-state index is 12.9. The van der Waals surface area contributed by atoms with Gasteiger partial charge in [0, 0.05) is 35.5 Å². The molecule has 2 aromatic rings. The predicted molar refractivity (Wildman–Crippen MR) is 105 cm³/mol. The summed E-state index contributed by atoms with van der Waals surface area (Å²) in [4.78, 5) is 39.1. The fraction of sp³-hybridized carbons (Fsp3) is 0.227. The Balaban J connectivity index is 2.07. The molecule has 0 atom stereocenters. The molecule has 0 unspecified atom stereocenters. The second kappa shape index (κ2) is 5.39. The average molecular weight is 361 g/mol. The number of allylic oxidation sites excluding steroid dienone is 3. The normalized spacial score (nSPS) is 18.3. The van der Waals surface area contributed by atoms with Crippen molar-refractivity contribution in [2.24, 2.45) is 0 Å². The van der Waals surface area contributed by atoms with Crippen LogP contribution in [-0.2, 0) is 10.2 Å². The van der Waals surface area contributed by atoms with Gasteiger partial charge in [-0.1, -0.05) is 26.0 Å². The second-order valence-corrected chi connectivity index (χ2v) is 7.59. The first-order chi connectivity index (χ1) is 12.7. The van der Waals surface area contributed by atoms with E-state index in [1.807, 2.05) is 50.9 Å². The van der Waals surface area contributed by atoms with E-state index in [1.54, 1.807) is 0 Å². The number of hydrogen-bond donors (Lipinski definition) is 1. The van der Waals surface area contributed by atoms with Gasteiger partial charge in [-0.15, -0.1) is 0 Å². The summed E-state index contributed by atoms with van der Waals surface area (Å²) in [7, 11) is 1.86. The van der Waals surface area contributed by atoms with E-state index in [-0.39, 0.29) is 27.6 Å². The minimum absolute atomic E-state index is 0.0631. The van der Waals surface area contributed by atoms with E-state index in [2.05, 4.69) is 0 Å². The molecule has 0 fully saturated rings. The lowest BCUT2D eigenvalue weighted by Crippen LogP contribution is -2.67. The predicted octanol–water partition coefficient (Wildman–Crippen LogP) is 0.858. The molecule has 0 amide bonds. The highest BCUT2D eigenvalue weighted by Gasteiger charge is 2.41.